The molecule has 1 amide bonds. The number of rotatable bonds is 8. The summed E-state index contributed by atoms with van der Waals surface area (Å²) in [4.78, 5) is 14.9. The third-order valence-corrected chi connectivity index (χ3v) is 8.86. The lowest BCUT2D eigenvalue weighted by Crippen LogP contribution is -2.51. The number of benzene rings is 1. The van der Waals surface area contributed by atoms with Crippen LogP contribution in [0.2, 0.25) is 0 Å². The summed E-state index contributed by atoms with van der Waals surface area (Å²) < 4.78 is 44.0. The van der Waals surface area contributed by atoms with Crippen LogP contribution in [0.25, 0.3) is 0 Å². The molecule has 0 unspecified atom stereocenters. The van der Waals surface area contributed by atoms with E-state index in [0.29, 0.717) is 43.6 Å². The van der Waals surface area contributed by atoms with Gasteiger partial charge in [0.05, 0.1) is 17.0 Å². The van der Waals surface area contributed by atoms with E-state index in [1.165, 1.54) is 12.1 Å². The number of nitrogens with zero attached hydrogens (tertiary/aromatic N) is 1. The van der Waals surface area contributed by atoms with Crippen LogP contribution in [-0.4, -0.2) is 51.2 Å². The first kappa shape index (κ1) is 23.7. The van der Waals surface area contributed by atoms with E-state index in [9.17, 15) is 17.6 Å². The number of ether oxygens (including phenoxy) is 1. The van der Waals surface area contributed by atoms with Crippen molar-refractivity contribution in [2.45, 2.75) is 50.8 Å². The summed E-state index contributed by atoms with van der Waals surface area (Å²) in [5, 5.41) is 0. The van der Waals surface area contributed by atoms with Crippen molar-refractivity contribution in [1.29, 1.82) is 0 Å². The van der Waals surface area contributed by atoms with E-state index >= 15 is 0 Å². The molecule has 0 spiro atoms. The van der Waals surface area contributed by atoms with E-state index in [0.717, 1.165) is 19.3 Å². The highest BCUT2D eigenvalue weighted by atomic mass is 32.2. The lowest BCUT2D eigenvalue weighted by Gasteiger charge is -2.45. The van der Waals surface area contributed by atoms with Gasteiger partial charge in [-0.15, -0.1) is 0 Å². The van der Waals surface area contributed by atoms with Crippen LogP contribution in [0.5, 0.6) is 5.75 Å². The van der Waals surface area contributed by atoms with Crippen LogP contribution in [0, 0.1) is 10.8 Å². The maximum absolute atomic E-state index is 13.0. The van der Waals surface area contributed by atoms with Crippen molar-refractivity contribution in [3.05, 3.63) is 36.2 Å². The molecule has 1 saturated heterocycles. The van der Waals surface area contributed by atoms with Crippen molar-refractivity contribution in [2.75, 3.05) is 32.0 Å². The fourth-order valence-electron chi connectivity index (χ4n) is 4.29. The Bertz CT molecular complexity index is 915. The van der Waals surface area contributed by atoms with Gasteiger partial charge in [-0.25, -0.2) is 12.8 Å². The maximum Gasteiger partial charge on any atom is 0.228 e. The Morgan fingerprint density at radius 1 is 1.16 bits per heavy atom. The Balaban J connectivity index is 1.58. The minimum Gasteiger partial charge on any atom is -0.489 e. The lowest BCUT2D eigenvalue weighted by atomic mass is 9.69. The highest BCUT2D eigenvalue weighted by Crippen LogP contribution is 2.43. The van der Waals surface area contributed by atoms with Crippen LogP contribution in [0.4, 0.5) is 4.39 Å². The average Bonchev–Trinajstić information content (AvgIpc) is 2.72. The zero-order valence-corrected chi connectivity index (χ0v) is 19.2. The van der Waals surface area contributed by atoms with Crippen LogP contribution in [0.1, 0.15) is 46.0 Å². The number of likely N-dealkylation sites (tertiary alicyclic amines) is 1. The second kappa shape index (κ2) is 9.28. The molecular formula is C23H33FN2O4S. The predicted octanol–water partition coefficient (Wildman–Crippen LogP) is 3.47. The van der Waals surface area contributed by atoms with Gasteiger partial charge >= 0.3 is 0 Å². The van der Waals surface area contributed by atoms with Crippen molar-refractivity contribution < 1.29 is 22.3 Å². The molecule has 3 rings (SSSR count). The van der Waals surface area contributed by atoms with Crippen molar-refractivity contribution >= 4 is 15.7 Å². The molecule has 2 fully saturated rings. The molecule has 172 valence electrons. The first-order valence-electron chi connectivity index (χ1n) is 10.8. The molecule has 2 N–H and O–H groups in total. The number of piperidine rings is 1. The van der Waals surface area contributed by atoms with E-state index in [2.05, 4.69) is 0 Å². The molecule has 0 radical (unpaired) electrons. The SMILES string of the molecule is CC1(CS(=O)(=O)c2ccc(OCC(=CF)CN)cc2)CCN(C(=O)C2(C)CCC2)CC1. The monoisotopic (exact) mass is 452 g/mol. The highest BCUT2D eigenvalue weighted by Gasteiger charge is 2.44. The van der Waals surface area contributed by atoms with Crippen molar-refractivity contribution in [2.24, 2.45) is 16.6 Å². The van der Waals surface area contributed by atoms with Crippen LogP contribution in [0.3, 0.4) is 0 Å². The number of carbonyl (C=O) groups excluding carboxylic acids is 1. The Kier molecular flexibility index (Phi) is 7.11. The number of hydrogen-bond donors (Lipinski definition) is 1. The fraction of sp³-hybridized carbons (Fsp3) is 0.609. The van der Waals surface area contributed by atoms with E-state index in [1.807, 2.05) is 18.7 Å². The van der Waals surface area contributed by atoms with Crippen LogP contribution in [-0.2, 0) is 14.6 Å². The topological polar surface area (TPSA) is 89.7 Å². The van der Waals surface area contributed by atoms with E-state index in [4.69, 9.17) is 10.5 Å². The smallest absolute Gasteiger partial charge is 0.228 e. The molecule has 0 atom stereocenters. The van der Waals surface area contributed by atoms with Gasteiger partial charge in [0, 0.05) is 30.6 Å². The molecule has 2 aliphatic rings. The van der Waals surface area contributed by atoms with E-state index in [-0.39, 0.29) is 40.5 Å². The summed E-state index contributed by atoms with van der Waals surface area (Å²) >= 11 is 0. The Morgan fingerprint density at radius 2 is 1.77 bits per heavy atom. The fourth-order valence-corrected chi connectivity index (χ4v) is 6.22. The van der Waals surface area contributed by atoms with Crippen molar-refractivity contribution in [3.8, 4) is 5.75 Å². The number of halogens is 1. The van der Waals surface area contributed by atoms with Gasteiger partial charge in [-0.1, -0.05) is 20.3 Å². The molecule has 1 aromatic rings. The lowest BCUT2D eigenvalue weighted by molar-refractivity contribution is -0.148. The largest absolute Gasteiger partial charge is 0.489 e. The van der Waals surface area contributed by atoms with E-state index < -0.39 is 9.84 Å². The Hall–Kier alpha value is -1.93. The zero-order chi connectivity index (χ0) is 22.7. The quantitative estimate of drug-likeness (QED) is 0.652. The van der Waals surface area contributed by atoms with Gasteiger partial charge in [0.25, 0.3) is 0 Å². The molecule has 1 aliphatic carbocycles. The minimum atomic E-state index is -3.49. The van der Waals surface area contributed by atoms with Gasteiger partial charge in [-0.05, 0) is 55.4 Å². The number of nitrogens with two attached hydrogens (primary N) is 1. The summed E-state index contributed by atoms with van der Waals surface area (Å²) in [5.41, 5.74) is 5.14. The molecule has 1 aliphatic heterocycles. The normalized spacial score (nSPS) is 20.8. The molecule has 1 heterocycles. The summed E-state index contributed by atoms with van der Waals surface area (Å²) in [5.74, 6) is 0.718. The van der Waals surface area contributed by atoms with Crippen molar-refractivity contribution in [3.63, 3.8) is 0 Å². The van der Waals surface area contributed by atoms with Gasteiger partial charge < -0.3 is 15.4 Å². The Morgan fingerprint density at radius 3 is 2.26 bits per heavy atom. The molecule has 1 saturated carbocycles. The van der Waals surface area contributed by atoms with Gasteiger partial charge in [0.1, 0.15) is 12.4 Å². The van der Waals surface area contributed by atoms with E-state index in [1.54, 1.807) is 12.1 Å². The van der Waals surface area contributed by atoms with Gasteiger partial charge in [-0.2, -0.15) is 0 Å². The molecular weight excluding hydrogens is 419 g/mol. The molecule has 31 heavy (non-hydrogen) atoms. The first-order valence-corrected chi connectivity index (χ1v) is 12.5. The second-order valence-electron chi connectivity index (χ2n) is 9.51. The second-order valence-corrected chi connectivity index (χ2v) is 11.5. The number of amides is 1. The van der Waals surface area contributed by atoms with Crippen molar-refractivity contribution in [1.82, 2.24) is 4.90 Å². The molecule has 6 nitrogen and oxygen atoms in total. The molecule has 0 aromatic heterocycles. The molecule has 0 bridgehead atoms. The maximum atomic E-state index is 13.0. The van der Waals surface area contributed by atoms with Crippen LogP contribution >= 0.6 is 0 Å². The molecule has 8 heteroatoms. The summed E-state index contributed by atoms with van der Waals surface area (Å²) in [6, 6.07) is 6.18. The number of hydrogen-bond acceptors (Lipinski definition) is 5. The first-order chi connectivity index (χ1) is 14.6. The molecule has 1 aromatic carbocycles. The summed E-state index contributed by atoms with van der Waals surface area (Å²) in [6.45, 7) is 5.33. The Labute approximate surface area is 184 Å². The predicted molar refractivity (Wildman–Crippen MR) is 118 cm³/mol. The number of carbonyl (C=O) groups is 1. The standard InChI is InChI=1S/C23H33FN2O4S/c1-22(10-12-26(13-11-22)21(27)23(2)8-3-9-23)17-31(28,29)20-6-4-19(5-7-20)30-16-18(14-24)15-25/h4-7,14H,3,8-13,15-17,25H2,1-2H3. The van der Waals surface area contributed by atoms with Crippen LogP contribution < -0.4 is 10.5 Å². The average molecular weight is 453 g/mol. The van der Waals surface area contributed by atoms with Gasteiger partial charge in [0.2, 0.25) is 5.91 Å². The summed E-state index contributed by atoms with van der Waals surface area (Å²) in [6.07, 6.45) is 4.78. The number of sulfone groups is 1. The highest BCUT2D eigenvalue weighted by molar-refractivity contribution is 7.91. The third kappa shape index (κ3) is 5.47. The van der Waals surface area contributed by atoms with Crippen LogP contribution in [0.15, 0.2) is 41.1 Å². The zero-order valence-electron chi connectivity index (χ0n) is 18.4. The van der Waals surface area contributed by atoms with Gasteiger partial charge in [0.15, 0.2) is 9.84 Å². The van der Waals surface area contributed by atoms with Gasteiger partial charge in [-0.3, -0.25) is 4.79 Å². The third-order valence-electron chi connectivity index (χ3n) is 6.79. The minimum absolute atomic E-state index is 0.0193. The summed E-state index contributed by atoms with van der Waals surface area (Å²) in [7, 11) is -3.49.